The summed E-state index contributed by atoms with van der Waals surface area (Å²) in [5, 5.41) is 20.9. The van der Waals surface area contributed by atoms with Crippen LogP contribution in [-0.2, 0) is 4.74 Å². The minimum atomic E-state index is -0.981. The van der Waals surface area contributed by atoms with Crippen LogP contribution in [-0.4, -0.2) is 51.4 Å². The third-order valence-corrected chi connectivity index (χ3v) is 3.37. The van der Waals surface area contributed by atoms with Crippen LogP contribution in [0.25, 0.3) is 5.69 Å². The molecule has 1 aliphatic rings. The number of ether oxygens (including phenoxy) is 1. The number of hydrogen-bond donors (Lipinski definition) is 2. The number of hydrogen-bond acceptors (Lipinski definition) is 5. The zero-order chi connectivity index (χ0) is 14.7. The van der Waals surface area contributed by atoms with Gasteiger partial charge >= 0.3 is 0 Å². The zero-order valence-electron chi connectivity index (χ0n) is 11.4. The van der Waals surface area contributed by atoms with Crippen molar-refractivity contribution in [2.45, 2.75) is 12.0 Å². The van der Waals surface area contributed by atoms with Crippen LogP contribution in [0.2, 0.25) is 0 Å². The van der Waals surface area contributed by atoms with E-state index in [1.807, 2.05) is 30.3 Å². The van der Waals surface area contributed by atoms with E-state index < -0.39 is 5.60 Å². The summed E-state index contributed by atoms with van der Waals surface area (Å²) in [6.07, 6.45) is 1.92. The molecule has 1 fully saturated rings. The number of para-hydroxylation sites is 1. The molecule has 0 aliphatic carbocycles. The Bertz CT molecular complexity index is 620. The van der Waals surface area contributed by atoms with E-state index in [4.69, 9.17) is 4.74 Å². The fraction of sp³-hybridized carbons (Fsp3) is 0.357. The number of carbonyl (C=O) groups is 1. The number of aromatic nitrogens is 3. The molecule has 0 saturated carbocycles. The molecule has 2 aromatic rings. The highest BCUT2D eigenvalue weighted by Crippen LogP contribution is 2.17. The maximum Gasteiger partial charge on any atom is 0.273 e. The summed E-state index contributed by atoms with van der Waals surface area (Å²) in [5.41, 5.74) is 0.00573. The SMILES string of the molecule is O=C(NCC1(O)CCOC1)c1cnn(-c2ccccc2)n1. The Labute approximate surface area is 121 Å². The first-order chi connectivity index (χ1) is 10.2. The van der Waals surface area contributed by atoms with Crippen molar-refractivity contribution in [3.8, 4) is 5.69 Å². The molecular formula is C14H16N4O3. The molecule has 0 spiro atoms. The number of aliphatic hydroxyl groups is 1. The lowest BCUT2D eigenvalue weighted by molar-refractivity contribution is 0.0264. The predicted octanol–water partition coefficient (Wildman–Crippen LogP) is 0.148. The summed E-state index contributed by atoms with van der Waals surface area (Å²) in [6.45, 7) is 0.893. The highest BCUT2D eigenvalue weighted by Gasteiger charge is 2.32. The lowest BCUT2D eigenvalue weighted by atomic mass is 10.0. The summed E-state index contributed by atoms with van der Waals surface area (Å²) in [7, 11) is 0. The molecule has 1 aromatic carbocycles. The number of amides is 1. The molecule has 0 bridgehead atoms. The topological polar surface area (TPSA) is 89.3 Å². The molecule has 1 saturated heterocycles. The average Bonchev–Trinajstić information content (AvgIpc) is 3.16. The molecule has 7 nitrogen and oxygen atoms in total. The third kappa shape index (κ3) is 3.09. The van der Waals surface area contributed by atoms with Crippen molar-refractivity contribution in [3.63, 3.8) is 0 Å². The molecule has 2 heterocycles. The molecule has 1 unspecified atom stereocenters. The van der Waals surface area contributed by atoms with Gasteiger partial charge in [-0.1, -0.05) is 18.2 Å². The van der Waals surface area contributed by atoms with E-state index in [1.54, 1.807) is 0 Å². The molecule has 21 heavy (non-hydrogen) atoms. The first-order valence-electron chi connectivity index (χ1n) is 6.72. The monoisotopic (exact) mass is 288 g/mol. The van der Waals surface area contributed by atoms with Gasteiger partial charge in [-0.05, 0) is 12.1 Å². The molecule has 0 radical (unpaired) electrons. The van der Waals surface area contributed by atoms with Crippen LogP contribution in [0.4, 0.5) is 0 Å². The Morgan fingerprint density at radius 3 is 2.95 bits per heavy atom. The van der Waals surface area contributed by atoms with Gasteiger partial charge in [0.25, 0.3) is 5.91 Å². The summed E-state index contributed by atoms with van der Waals surface area (Å²) in [6, 6.07) is 9.33. The van der Waals surface area contributed by atoms with Gasteiger partial charge in [0.2, 0.25) is 0 Å². The highest BCUT2D eigenvalue weighted by atomic mass is 16.5. The van der Waals surface area contributed by atoms with Gasteiger partial charge in [0.1, 0.15) is 5.60 Å². The van der Waals surface area contributed by atoms with Gasteiger partial charge < -0.3 is 15.2 Å². The first kappa shape index (κ1) is 13.7. The highest BCUT2D eigenvalue weighted by molar-refractivity contribution is 5.91. The van der Waals surface area contributed by atoms with Crippen molar-refractivity contribution in [3.05, 3.63) is 42.2 Å². The van der Waals surface area contributed by atoms with E-state index in [1.165, 1.54) is 11.0 Å². The molecular weight excluding hydrogens is 272 g/mol. The van der Waals surface area contributed by atoms with Crippen molar-refractivity contribution in [1.82, 2.24) is 20.3 Å². The third-order valence-electron chi connectivity index (χ3n) is 3.37. The van der Waals surface area contributed by atoms with Gasteiger partial charge in [0.05, 0.1) is 18.5 Å². The quantitative estimate of drug-likeness (QED) is 0.836. The van der Waals surface area contributed by atoms with E-state index in [0.29, 0.717) is 13.0 Å². The second-order valence-electron chi connectivity index (χ2n) is 5.06. The van der Waals surface area contributed by atoms with Crippen LogP contribution in [0, 0.1) is 0 Å². The second kappa shape index (κ2) is 5.63. The Morgan fingerprint density at radius 1 is 1.43 bits per heavy atom. The Hall–Kier alpha value is -2.25. The Balaban J connectivity index is 1.64. The Kier molecular flexibility index (Phi) is 3.68. The van der Waals surface area contributed by atoms with Crippen molar-refractivity contribution in [1.29, 1.82) is 0 Å². The van der Waals surface area contributed by atoms with Crippen LogP contribution in [0.3, 0.4) is 0 Å². The van der Waals surface area contributed by atoms with Gasteiger partial charge in [-0.3, -0.25) is 4.79 Å². The Morgan fingerprint density at radius 2 is 2.24 bits per heavy atom. The molecule has 1 aliphatic heterocycles. The predicted molar refractivity (Wildman–Crippen MR) is 74.1 cm³/mol. The van der Waals surface area contributed by atoms with E-state index in [0.717, 1.165) is 5.69 Å². The first-order valence-corrected chi connectivity index (χ1v) is 6.72. The van der Waals surface area contributed by atoms with E-state index in [9.17, 15) is 9.90 Å². The fourth-order valence-corrected chi connectivity index (χ4v) is 2.12. The van der Waals surface area contributed by atoms with Crippen LogP contribution in [0.5, 0.6) is 0 Å². The average molecular weight is 288 g/mol. The maximum absolute atomic E-state index is 12.0. The number of nitrogens with one attached hydrogen (secondary N) is 1. The van der Waals surface area contributed by atoms with Gasteiger partial charge in [0.15, 0.2) is 5.69 Å². The van der Waals surface area contributed by atoms with Crippen LogP contribution < -0.4 is 5.32 Å². The van der Waals surface area contributed by atoms with Crippen molar-refractivity contribution < 1.29 is 14.6 Å². The normalized spacial score (nSPS) is 21.4. The number of rotatable bonds is 4. The second-order valence-corrected chi connectivity index (χ2v) is 5.06. The molecule has 1 aromatic heterocycles. The molecule has 3 rings (SSSR count). The van der Waals surface area contributed by atoms with E-state index in [2.05, 4.69) is 15.5 Å². The van der Waals surface area contributed by atoms with Crippen molar-refractivity contribution >= 4 is 5.91 Å². The molecule has 110 valence electrons. The molecule has 1 amide bonds. The van der Waals surface area contributed by atoms with Gasteiger partial charge in [-0.15, -0.1) is 5.10 Å². The zero-order valence-corrected chi connectivity index (χ0v) is 11.4. The van der Waals surface area contributed by atoms with E-state index >= 15 is 0 Å². The summed E-state index contributed by atoms with van der Waals surface area (Å²) in [4.78, 5) is 13.4. The van der Waals surface area contributed by atoms with Gasteiger partial charge in [0, 0.05) is 19.6 Å². The van der Waals surface area contributed by atoms with Crippen LogP contribution in [0.1, 0.15) is 16.9 Å². The van der Waals surface area contributed by atoms with Crippen LogP contribution in [0.15, 0.2) is 36.5 Å². The van der Waals surface area contributed by atoms with Crippen LogP contribution >= 0.6 is 0 Å². The number of carbonyl (C=O) groups excluding carboxylic acids is 1. The smallest absolute Gasteiger partial charge is 0.273 e. The maximum atomic E-state index is 12.0. The minimum Gasteiger partial charge on any atom is -0.386 e. The summed E-state index contributed by atoms with van der Waals surface area (Å²) in [5.74, 6) is -0.363. The standard InChI is InChI=1S/C14H16N4O3/c19-13(15-9-14(20)6-7-21-10-14)12-8-16-18(17-12)11-4-2-1-3-5-11/h1-5,8,20H,6-7,9-10H2,(H,15,19). The van der Waals surface area contributed by atoms with Crippen molar-refractivity contribution in [2.24, 2.45) is 0 Å². The molecule has 1 atom stereocenters. The number of nitrogens with zero attached hydrogens (tertiary/aromatic N) is 3. The molecule has 2 N–H and O–H groups in total. The largest absolute Gasteiger partial charge is 0.386 e. The van der Waals surface area contributed by atoms with Gasteiger partial charge in [-0.2, -0.15) is 9.90 Å². The van der Waals surface area contributed by atoms with Crippen molar-refractivity contribution in [2.75, 3.05) is 19.8 Å². The lowest BCUT2D eigenvalue weighted by Gasteiger charge is -2.20. The molecule has 7 heteroatoms. The van der Waals surface area contributed by atoms with Gasteiger partial charge in [-0.25, -0.2) is 0 Å². The summed E-state index contributed by atoms with van der Waals surface area (Å²) < 4.78 is 5.13. The fourth-order valence-electron chi connectivity index (χ4n) is 2.12. The minimum absolute atomic E-state index is 0.143. The number of benzene rings is 1. The lowest BCUT2D eigenvalue weighted by Crippen LogP contribution is -2.43. The van der Waals surface area contributed by atoms with E-state index in [-0.39, 0.29) is 24.8 Å². The summed E-state index contributed by atoms with van der Waals surface area (Å²) >= 11 is 0.